The molecule has 5 heteroatoms. The standard InChI is InChI=1S/C23H31N3O2/c1-2-10-23(28-18-15-25-13-16-27-17-14-25)20(7-1)19-26-12-6-4-9-22(26)21-8-3-5-11-24-21/h1-3,5,7-8,10-11,22H,4,6,9,12-19H2/t22-/m0/s1. The van der Waals surface area contributed by atoms with E-state index in [0.29, 0.717) is 6.04 Å². The van der Waals surface area contributed by atoms with Gasteiger partial charge in [0.1, 0.15) is 12.4 Å². The molecule has 0 N–H and O–H groups in total. The molecule has 0 spiro atoms. The summed E-state index contributed by atoms with van der Waals surface area (Å²) in [6.45, 7) is 7.38. The van der Waals surface area contributed by atoms with Crippen molar-refractivity contribution in [2.45, 2.75) is 31.8 Å². The summed E-state index contributed by atoms with van der Waals surface area (Å²) in [7, 11) is 0. The summed E-state index contributed by atoms with van der Waals surface area (Å²) in [5.74, 6) is 1.01. The third-order valence-corrected chi connectivity index (χ3v) is 5.76. The monoisotopic (exact) mass is 381 g/mol. The van der Waals surface area contributed by atoms with Crippen molar-refractivity contribution < 1.29 is 9.47 Å². The van der Waals surface area contributed by atoms with Crippen LogP contribution < -0.4 is 4.74 Å². The quantitative estimate of drug-likeness (QED) is 0.734. The Hall–Kier alpha value is -1.95. The van der Waals surface area contributed by atoms with Crippen molar-refractivity contribution in [3.63, 3.8) is 0 Å². The van der Waals surface area contributed by atoms with Gasteiger partial charge >= 0.3 is 0 Å². The van der Waals surface area contributed by atoms with Gasteiger partial charge in [-0.25, -0.2) is 0 Å². The maximum Gasteiger partial charge on any atom is 0.123 e. The van der Waals surface area contributed by atoms with Crippen LogP contribution in [0.25, 0.3) is 0 Å². The third kappa shape index (κ3) is 5.10. The maximum absolute atomic E-state index is 6.20. The van der Waals surface area contributed by atoms with E-state index in [2.05, 4.69) is 51.2 Å². The molecular weight excluding hydrogens is 350 g/mol. The van der Waals surface area contributed by atoms with Gasteiger partial charge in [-0.05, 0) is 37.6 Å². The van der Waals surface area contributed by atoms with E-state index in [-0.39, 0.29) is 0 Å². The number of piperidine rings is 1. The molecule has 2 aliphatic rings. The highest BCUT2D eigenvalue weighted by atomic mass is 16.5. The summed E-state index contributed by atoms with van der Waals surface area (Å²) >= 11 is 0. The van der Waals surface area contributed by atoms with Crippen LogP contribution >= 0.6 is 0 Å². The lowest BCUT2D eigenvalue weighted by Crippen LogP contribution is -2.38. The van der Waals surface area contributed by atoms with E-state index in [1.807, 2.05) is 12.3 Å². The van der Waals surface area contributed by atoms with Crippen LogP contribution in [0.3, 0.4) is 0 Å². The maximum atomic E-state index is 6.20. The number of morpholine rings is 1. The number of benzene rings is 1. The van der Waals surface area contributed by atoms with Crippen molar-refractivity contribution in [3.05, 3.63) is 59.9 Å². The van der Waals surface area contributed by atoms with Crippen LogP contribution in [-0.4, -0.2) is 60.8 Å². The Morgan fingerprint density at radius 2 is 1.86 bits per heavy atom. The van der Waals surface area contributed by atoms with Gasteiger partial charge < -0.3 is 9.47 Å². The highest BCUT2D eigenvalue weighted by Crippen LogP contribution is 2.32. The van der Waals surface area contributed by atoms with Crippen molar-refractivity contribution in [1.82, 2.24) is 14.8 Å². The molecule has 5 nitrogen and oxygen atoms in total. The van der Waals surface area contributed by atoms with E-state index < -0.39 is 0 Å². The van der Waals surface area contributed by atoms with Crippen molar-refractivity contribution in [2.75, 3.05) is 46.0 Å². The van der Waals surface area contributed by atoms with Gasteiger partial charge in [-0.3, -0.25) is 14.8 Å². The van der Waals surface area contributed by atoms with Crippen molar-refractivity contribution in [2.24, 2.45) is 0 Å². The van der Waals surface area contributed by atoms with Crippen molar-refractivity contribution >= 4 is 0 Å². The average molecular weight is 382 g/mol. The predicted octanol–water partition coefficient (Wildman–Crippen LogP) is 3.52. The molecule has 0 unspecified atom stereocenters. The van der Waals surface area contributed by atoms with E-state index in [4.69, 9.17) is 9.47 Å². The number of para-hydroxylation sites is 1. The van der Waals surface area contributed by atoms with Gasteiger partial charge in [0.05, 0.1) is 24.9 Å². The summed E-state index contributed by atoms with van der Waals surface area (Å²) in [6, 6.07) is 15.1. The van der Waals surface area contributed by atoms with Crippen LogP contribution in [0.1, 0.15) is 36.6 Å². The number of rotatable bonds is 7. The molecule has 4 rings (SSSR count). The molecule has 1 atom stereocenters. The van der Waals surface area contributed by atoms with Gasteiger partial charge in [-0.15, -0.1) is 0 Å². The van der Waals surface area contributed by atoms with Gasteiger partial charge in [0, 0.05) is 37.9 Å². The SMILES string of the molecule is c1ccc([C@@H]2CCCCN2Cc2ccccc2OCCN2CCOCC2)nc1. The number of hydrogen-bond acceptors (Lipinski definition) is 5. The zero-order valence-electron chi connectivity index (χ0n) is 16.6. The summed E-state index contributed by atoms with van der Waals surface area (Å²) < 4.78 is 11.6. The van der Waals surface area contributed by atoms with Crippen LogP contribution in [0.5, 0.6) is 5.75 Å². The molecule has 2 fully saturated rings. The lowest BCUT2D eigenvalue weighted by atomic mass is 9.98. The lowest BCUT2D eigenvalue weighted by molar-refractivity contribution is 0.0321. The minimum atomic E-state index is 0.399. The molecule has 2 aliphatic heterocycles. The zero-order valence-corrected chi connectivity index (χ0v) is 16.6. The van der Waals surface area contributed by atoms with E-state index in [9.17, 15) is 0 Å². The molecule has 1 aromatic heterocycles. The van der Waals surface area contributed by atoms with Gasteiger partial charge in [-0.1, -0.05) is 30.7 Å². The lowest BCUT2D eigenvalue weighted by Gasteiger charge is -2.35. The van der Waals surface area contributed by atoms with E-state index in [1.165, 1.54) is 30.5 Å². The summed E-state index contributed by atoms with van der Waals surface area (Å²) in [5, 5.41) is 0. The zero-order chi connectivity index (χ0) is 19.0. The summed E-state index contributed by atoms with van der Waals surface area (Å²) in [6.07, 6.45) is 5.61. The Bertz CT molecular complexity index is 719. The normalized spacial score (nSPS) is 21.5. The minimum Gasteiger partial charge on any atom is -0.492 e. The molecule has 2 saturated heterocycles. The molecule has 0 bridgehead atoms. The number of pyridine rings is 1. The van der Waals surface area contributed by atoms with E-state index in [1.54, 1.807) is 0 Å². The number of ether oxygens (including phenoxy) is 2. The first-order valence-electron chi connectivity index (χ1n) is 10.6. The number of aromatic nitrogens is 1. The van der Waals surface area contributed by atoms with Gasteiger partial charge in [-0.2, -0.15) is 0 Å². The van der Waals surface area contributed by atoms with E-state index >= 15 is 0 Å². The first-order valence-corrected chi connectivity index (χ1v) is 10.6. The topological polar surface area (TPSA) is 37.8 Å². The Morgan fingerprint density at radius 1 is 1.00 bits per heavy atom. The van der Waals surface area contributed by atoms with Crippen molar-refractivity contribution in [1.29, 1.82) is 0 Å². The molecule has 0 radical (unpaired) electrons. The molecule has 2 aromatic rings. The fourth-order valence-corrected chi connectivity index (χ4v) is 4.19. The number of likely N-dealkylation sites (tertiary alicyclic amines) is 1. The first-order chi connectivity index (χ1) is 13.9. The van der Waals surface area contributed by atoms with Gasteiger partial charge in [0.25, 0.3) is 0 Å². The van der Waals surface area contributed by atoms with E-state index in [0.717, 1.165) is 58.3 Å². The number of hydrogen-bond donors (Lipinski definition) is 0. The molecule has 28 heavy (non-hydrogen) atoms. The Balaban J connectivity index is 1.39. The van der Waals surface area contributed by atoms with Crippen LogP contribution in [0.2, 0.25) is 0 Å². The molecule has 1 aromatic carbocycles. The fraction of sp³-hybridized carbons (Fsp3) is 0.522. The predicted molar refractivity (Wildman–Crippen MR) is 110 cm³/mol. The molecular formula is C23H31N3O2. The van der Waals surface area contributed by atoms with Gasteiger partial charge in [0.2, 0.25) is 0 Å². The molecule has 0 saturated carbocycles. The second-order valence-corrected chi connectivity index (χ2v) is 7.65. The minimum absolute atomic E-state index is 0.399. The fourth-order valence-electron chi connectivity index (χ4n) is 4.19. The third-order valence-electron chi connectivity index (χ3n) is 5.76. The Morgan fingerprint density at radius 3 is 2.71 bits per heavy atom. The first kappa shape index (κ1) is 19.4. The molecule has 3 heterocycles. The van der Waals surface area contributed by atoms with Crippen LogP contribution in [0.15, 0.2) is 48.7 Å². The molecule has 150 valence electrons. The number of nitrogens with zero attached hydrogens (tertiary/aromatic N) is 3. The molecule has 0 aliphatic carbocycles. The second-order valence-electron chi connectivity index (χ2n) is 7.65. The highest BCUT2D eigenvalue weighted by Gasteiger charge is 2.25. The second kappa shape index (κ2) is 10.0. The van der Waals surface area contributed by atoms with Crippen LogP contribution in [0, 0.1) is 0 Å². The smallest absolute Gasteiger partial charge is 0.123 e. The molecule has 0 amide bonds. The Kier molecular flexibility index (Phi) is 6.92. The van der Waals surface area contributed by atoms with Crippen molar-refractivity contribution in [3.8, 4) is 5.75 Å². The Labute approximate surface area is 168 Å². The summed E-state index contributed by atoms with van der Waals surface area (Å²) in [5.41, 5.74) is 2.46. The largest absolute Gasteiger partial charge is 0.492 e. The highest BCUT2D eigenvalue weighted by molar-refractivity contribution is 5.33. The average Bonchev–Trinajstić information content (AvgIpc) is 2.77. The van der Waals surface area contributed by atoms with Crippen LogP contribution in [-0.2, 0) is 11.3 Å². The van der Waals surface area contributed by atoms with Gasteiger partial charge in [0.15, 0.2) is 0 Å². The van der Waals surface area contributed by atoms with Crippen LogP contribution in [0.4, 0.5) is 0 Å². The summed E-state index contributed by atoms with van der Waals surface area (Å²) in [4.78, 5) is 9.61.